The van der Waals surface area contributed by atoms with Crippen LogP contribution in [0.4, 0.5) is 0 Å². The van der Waals surface area contributed by atoms with Crippen LogP contribution in [-0.2, 0) is 11.3 Å². The number of aromatic nitrogens is 1. The molecule has 0 aliphatic carbocycles. The summed E-state index contributed by atoms with van der Waals surface area (Å²) < 4.78 is 10.5. The van der Waals surface area contributed by atoms with E-state index in [0.717, 1.165) is 0 Å². The normalized spacial score (nSPS) is 11.8. The number of esters is 1. The van der Waals surface area contributed by atoms with E-state index in [1.807, 2.05) is 0 Å². The molecule has 0 aliphatic heterocycles. The van der Waals surface area contributed by atoms with Crippen LogP contribution in [0, 0.1) is 13.8 Å². The van der Waals surface area contributed by atoms with Crippen LogP contribution in [-0.4, -0.2) is 40.2 Å². The number of rotatable bonds is 8. The molecule has 3 rings (SSSR count). The lowest BCUT2D eigenvalue weighted by Gasteiger charge is -2.28. The number of hydrogen-bond acceptors (Lipinski definition) is 5. The lowest BCUT2D eigenvalue weighted by molar-refractivity contribution is 0.0518. The van der Waals surface area contributed by atoms with Crippen LogP contribution in [0.1, 0.15) is 62.1 Å². The summed E-state index contributed by atoms with van der Waals surface area (Å²) in [5, 5.41) is 0.292. The molecular weight excluding hydrogens is 432 g/mol. The highest BCUT2D eigenvalue weighted by Gasteiger charge is 2.32. The predicted molar refractivity (Wildman–Crippen MR) is 120 cm³/mol. The third-order valence-corrected chi connectivity index (χ3v) is 5.61. The van der Waals surface area contributed by atoms with E-state index >= 15 is 0 Å². The Bertz CT molecular complexity index is 1130. The number of furan rings is 1. The highest BCUT2D eigenvalue weighted by Crippen LogP contribution is 2.25. The molecule has 0 bridgehead atoms. The predicted octanol–water partition coefficient (Wildman–Crippen LogP) is 4.97. The second-order valence-corrected chi connectivity index (χ2v) is 7.79. The van der Waals surface area contributed by atoms with E-state index in [0.29, 0.717) is 27.6 Å². The number of nitrogens with one attached hydrogen (secondary N) is 1. The van der Waals surface area contributed by atoms with Crippen molar-refractivity contribution in [3.63, 3.8) is 0 Å². The number of Topliss-reactive ketones (excluding diaryl/α,β-unsaturated/α-hetero) is 1. The molecule has 1 atom stereocenters. The van der Waals surface area contributed by atoms with Gasteiger partial charge in [-0.25, -0.2) is 4.79 Å². The third-order valence-electron chi connectivity index (χ3n) is 5.28. The van der Waals surface area contributed by atoms with Crippen LogP contribution >= 0.6 is 11.6 Å². The first-order chi connectivity index (χ1) is 15.3. The average molecular weight is 457 g/mol. The van der Waals surface area contributed by atoms with Crippen molar-refractivity contribution in [2.75, 3.05) is 6.61 Å². The Hall–Kier alpha value is -3.32. The van der Waals surface area contributed by atoms with E-state index in [-0.39, 0.29) is 30.2 Å². The van der Waals surface area contributed by atoms with Gasteiger partial charge >= 0.3 is 5.97 Å². The van der Waals surface area contributed by atoms with Gasteiger partial charge in [0, 0.05) is 11.3 Å². The second kappa shape index (κ2) is 9.87. The largest absolute Gasteiger partial charge is 0.467 e. The molecule has 168 valence electrons. The Balaban J connectivity index is 1.99. The van der Waals surface area contributed by atoms with Crippen LogP contribution in [0.15, 0.2) is 47.1 Å². The molecule has 0 unspecified atom stereocenters. The van der Waals surface area contributed by atoms with E-state index in [4.69, 9.17) is 20.8 Å². The van der Waals surface area contributed by atoms with Gasteiger partial charge in [0.05, 0.1) is 36.0 Å². The highest BCUT2D eigenvalue weighted by molar-refractivity contribution is 6.33. The second-order valence-electron chi connectivity index (χ2n) is 7.38. The Kier molecular flexibility index (Phi) is 7.20. The Morgan fingerprint density at radius 1 is 1.16 bits per heavy atom. The minimum Gasteiger partial charge on any atom is -0.467 e. The van der Waals surface area contributed by atoms with E-state index in [9.17, 15) is 14.4 Å². The number of carbonyl (C=O) groups is 3. The molecule has 0 aliphatic rings. The fourth-order valence-electron chi connectivity index (χ4n) is 3.62. The van der Waals surface area contributed by atoms with Crippen LogP contribution in [0.25, 0.3) is 0 Å². The standard InChI is InChI=1S/C24H25ClN2O5/c1-5-31-24(30)21-14(2)20(15(3)26-21)22(28)16(4)27(13-17-9-8-12-32-17)23(29)18-10-6-7-11-19(18)25/h6-12,16,26H,5,13H2,1-4H3/t16-/m1/s1. The molecule has 0 saturated heterocycles. The number of ketones is 1. The van der Waals surface area contributed by atoms with E-state index in [1.54, 1.807) is 64.1 Å². The van der Waals surface area contributed by atoms with Crippen molar-refractivity contribution >= 4 is 29.3 Å². The number of benzene rings is 1. The molecule has 0 saturated carbocycles. The summed E-state index contributed by atoms with van der Waals surface area (Å²) in [5.41, 5.74) is 1.90. The molecule has 1 amide bonds. The molecule has 32 heavy (non-hydrogen) atoms. The number of carbonyl (C=O) groups excluding carboxylic acids is 3. The Morgan fingerprint density at radius 3 is 2.50 bits per heavy atom. The number of aryl methyl sites for hydroxylation is 1. The van der Waals surface area contributed by atoms with Crippen LogP contribution < -0.4 is 0 Å². The van der Waals surface area contributed by atoms with Gasteiger partial charge in [-0.2, -0.15) is 0 Å². The maximum atomic E-state index is 13.5. The molecule has 1 N–H and O–H groups in total. The van der Waals surface area contributed by atoms with Gasteiger partial charge in [-0.05, 0) is 57.5 Å². The molecule has 8 heteroatoms. The minimum absolute atomic E-state index is 0.0806. The number of hydrogen-bond donors (Lipinski definition) is 1. The number of halogens is 1. The summed E-state index contributed by atoms with van der Waals surface area (Å²) in [6, 6.07) is 9.27. The topological polar surface area (TPSA) is 92.6 Å². The van der Waals surface area contributed by atoms with Gasteiger partial charge in [-0.15, -0.1) is 0 Å². The molecule has 0 fully saturated rings. The molecule has 0 spiro atoms. The van der Waals surface area contributed by atoms with Crippen LogP contribution in [0.3, 0.4) is 0 Å². The molecule has 7 nitrogen and oxygen atoms in total. The number of H-pyrrole nitrogens is 1. The van der Waals surface area contributed by atoms with Gasteiger partial charge in [0.1, 0.15) is 11.5 Å². The molecular formula is C24H25ClN2O5. The van der Waals surface area contributed by atoms with Crippen molar-refractivity contribution in [3.05, 3.63) is 81.5 Å². The van der Waals surface area contributed by atoms with E-state index in [1.165, 1.54) is 11.2 Å². The highest BCUT2D eigenvalue weighted by atomic mass is 35.5. The number of aromatic amines is 1. The summed E-state index contributed by atoms with van der Waals surface area (Å²) in [4.78, 5) is 43.6. The lowest BCUT2D eigenvalue weighted by atomic mass is 9.99. The van der Waals surface area contributed by atoms with Gasteiger partial charge in [-0.3, -0.25) is 9.59 Å². The lowest BCUT2D eigenvalue weighted by Crippen LogP contribution is -2.43. The number of nitrogens with zero attached hydrogens (tertiary/aromatic N) is 1. The molecule has 2 heterocycles. The quantitative estimate of drug-likeness (QED) is 0.381. The van der Waals surface area contributed by atoms with E-state index in [2.05, 4.69) is 4.98 Å². The SMILES string of the molecule is CCOC(=O)c1[nH]c(C)c(C(=O)[C@@H](C)N(Cc2ccco2)C(=O)c2ccccc2Cl)c1C. The summed E-state index contributed by atoms with van der Waals surface area (Å²) in [5.74, 6) is -0.706. The zero-order chi connectivity index (χ0) is 23.4. The smallest absolute Gasteiger partial charge is 0.355 e. The van der Waals surface area contributed by atoms with Crippen molar-refractivity contribution in [1.29, 1.82) is 0 Å². The Morgan fingerprint density at radius 2 is 1.88 bits per heavy atom. The summed E-state index contributed by atoms with van der Waals surface area (Å²) >= 11 is 6.25. The first-order valence-corrected chi connectivity index (χ1v) is 10.6. The molecule has 1 aromatic carbocycles. The summed E-state index contributed by atoms with van der Waals surface area (Å²) in [6.07, 6.45) is 1.51. The van der Waals surface area contributed by atoms with Crippen molar-refractivity contribution in [2.24, 2.45) is 0 Å². The number of ether oxygens (including phenoxy) is 1. The van der Waals surface area contributed by atoms with Crippen LogP contribution in [0.2, 0.25) is 5.02 Å². The van der Waals surface area contributed by atoms with Gasteiger partial charge in [-0.1, -0.05) is 23.7 Å². The van der Waals surface area contributed by atoms with Gasteiger partial charge < -0.3 is 19.0 Å². The van der Waals surface area contributed by atoms with Gasteiger partial charge in [0.15, 0.2) is 5.78 Å². The molecule has 0 radical (unpaired) electrons. The molecule has 2 aromatic heterocycles. The van der Waals surface area contributed by atoms with Gasteiger partial charge in [0.25, 0.3) is 5.91 Å². The molecule has 3 aromatic rings. The summed E-state index contributed by atoms with van der Waals surface area (Å²) in [7, 11) is 0. The first kappa shape index (κ1) is 23.3. The third kappa shape index (κ3) is 4.62. The monoisotopic (exact) mass is 456 g/mol. The summed E-state index contributed by atoms with van der Waals surface area (Å²) in [6.45, 7) is 7.06. The maximum absolute atomic E-state index is 13.5. The van der Waals surface area contributed by atoms with Crippen molar-refractivity contribution in [1.82, 2.24) is 9.88 Å². The maximum Gasteiger partial charge on any atom is 0.355 e. The van der Waals surface area contributed by atoms with E-state index < -0.39 is 17.9 Å². The first-order valence-electron chi connectivity index (χ1n) is 10.2. The minimum atomic E-state index is -0.855. The fourth-order valence-corrected chi connectivity index (χ4v) is 3.84. The van der Waals surface area contributed by atoms with Gasteiger partial charge in [0.2, 0.25) is 0 Å². The van der Waals surface area contributed by atoms with Crippen LogP contribution in [0.5, 0.6) is 0 Å². The number of amides is 1. The van der Waals surface area contributed by atoms with Crippen molar-refractivity contribution < 1.29 is 23.5 Å². The van der Waals surface area contributed by atoms with Crippen molar-refractivity contribution in [3.8, 4) is 0 Å². The van der Waals surface area contributed by atoms with Crippen molar-refractivity contribution in [2.45, 2.75) is 40.3 Å². The zero-order valence-corrected chi connectivity index (χ0v) is 19.2. The fraction of sp³-hybridized carbons (Fsp3) is 0.292. The zero-order valence-electron chi connectivity index (χ0n) is 18.4. The Labute approximate surface area is 191 Å². The average Bonchev–Trinajstić information content (AvgIpc) is 3.38.